The van der Waals surface area contributed by atoms with Crippen molar-refractivity contribution in [2.75, 3.05) is 30.4 Å². The highest BCUT2D eigenvalue weighted by molar-refractivity contribution is 6.09. The Kier molecular flexibility index (Phi) is 4.19. The van der Waals surface area contributed by atoms with Gasteiger partial charge in [0.05, 0.1) is 24.9 Å². The second-order valence-electron chi connectivity index (χ2n) is 4.21. The van der Waals surface area contributed by atoms with E-state index in [2.05, 4.69) is 15.4 Å². The minimum atomic E-state index is -0.420. The van der Waals surface area contributed by atoms with Gasteiger partial charge in [-0.1, -0.05) is 12.1 Å². The molecule has 0 radical (unpaired) electrons. The van der Waals surface area contributed by atoms with Gasteiger partial charge in [0.2, 0.25) is 5.91 Å². The predicted molar refractivity (Wildman–Crippen MR) is 72.4 cm³/mol. The van der Waals surface area contributed by atoms with Gasteiger partial charge in [0.1, 0.15) is 6.54 Å². The number of anilines is 2. The van der Waals surface area contributed by atoms with Crippen molar-refractivity contribution < 1.29 is 19.1 Å². The third-order valence-electron chi connectivity index (χ3n) is 2.85. The van der Waals surface area contributed by atoms with E-state index in [1.807, 2.05) is 0 Å². The summed E-state index contributed by atoms with van der Waals surface area (Å²) in [6.45, 7) is 0.104. The summed E-state index contributed by atoms with van der Waals surface area (Å²) < 4.78 is 4.48. The first-order valence-corrected chi connectivity index (χ1v) is 6.13. The smallest absolute Gasteiger partial charge is 0.322 e. The van der Waals surface area contributed by atoms with Crippen molar-refractivity contribution in [1.29, 1.82) is 0 Å². The number of amides is 3. The van der Waals surface area contributed by atoms with E-state index in [-0.39, 0.29) is 25.4 Å². The zero-order chi connectivity index (χ0) is 14.5. The Morgan fingerprint density at radius 3 is 2.90 bits per heavy atom. The van der Waals surface area contributed by atoms with Crippen LogP contribution >= 0.6 is 0 Å². The number of carbonyl (C=O) groups is 3. The summed E-state index contributed by atoms with van der Waals surface area (Å²) in [5, 5.41) is 5.28. The first kappa shape index (κ1) is 13.9. The lowest BCUT2D eigenvalue weighted by molar-refractivity contribution is -0.140. The number of rotatable bonds is 3. The SMILES string of the molecule is COC(=O)CCNC(=O)N1CC(=O)Nc2ccccc21. The van der Waals surface area contributed by atoms with Crippen LogP contribution in [0.15, 0.2) is 24.3 Å². The molecule has 0 saturated heterocycles. The van der Waals surface area contributed by atoms with E-state index in [1.54, 1.807) is 24.3 Å². The summed E-state index contributed by atoms with van der Waals surface area (Å²) in [7, 11) is 1.29. The molecule has 0 aromatic heterocycles. The number of ether oxygens (including phenoxy) is 1. The standard InChI is InChI=1S/C13H15N3O4/c1-20-12(18)6-7-14-13(19)16-8-11(17)15-9-4-2-3-5-10(9)16/h2-5H,6-8H2,1H3,(H,14,19)(H,15,17). The van der Waals surface area contributed by atoms with Crippen LogP contribution in [0.1, 0.15) is 6.42 Å². The highest BCUT2D eigenvalue weighted by atomic mass is 16.5. The second-order valence-corrected chi connectivity index (χ2v) is 4.21. The molecule has 0 unspecified atom stereocenters. The summed E-state index contributed by atoms with van der Waals surface area (Å²) in [4.78, 5) is 35.9. The third-order valence-corrected chi connectivity index (χ3v) is 2.85. The van der Waals surface area contributed by atoms with Crippen LogP contribution < -0.4 is 15.5 Å². The lowest BCUT2D eigenvalue weighted by Gasteiger charge is -2.29. The van der Waals surface area contributed by atoms with Gasteiger partial charge in [0.25, 0.3) is 0 Å². The molecule has 20 heavy (non-hydrogen) atoms. The van der Waals surface area contributed by atoms with Crippen molar-refractivity contribution in [3.05, 3.63) is 24.3 Å². The van der Waals surface area contributed by atoms with E-state index >= 15 is 0 Å². The maximum Gasteiger partial charge on any atom is 0.322 e. The molecule has 1 aliphatic heterocycles. The Balaban J connectivity index is 2.03. The number of para-hydroxylation sites is 2. The second kappa shape index (κ2) is 6.05. The largest absolute Gasteiger partial charge is 0.469 e. The summed E-state index contributed by atoms with van der Waals surface area (Å²) in [5.41, 5.74) is 1.22. The van der Waals surface area contributed by atoms with Crippen LogP contribution in [0.3, 0.4) is 0 Å². The quantitative estimate of drug-likeness (QED) is 0.797. The minimum Gasteiger partial charge on any atom is -0.469 e. The van der Waals surface area contributed by atoms with Gasteiger partial charge in [0, 0.05) is 6.54 Å². The first-order valence-electron chi connectivity index (χ1n) is 6.13. The number of nitrogens with zero attached hydrogens (tertiary/aromatic N) is 1. The summed E-state index contributed by atoms with van der Waals surface area (Å²) in [6.07, 6.45) is 0.0872. The highest BCUT2D eigenvalue weighted by Crippen LogP contribution is 2.28. The molecule has 7 heteroatoms. The third kappa shape index (κ3) is 3.05. The van der Waals surface area contributed by atoms with E-state index in [1.165, 1.54) is 12.0 Å². The maximum absolute atomic E-state index is 12.1. The summed E-state index contributed by atoms with van der Waals surface area (Å²) in [5.74, 6) is -0.658. The lowest BCUT2D eigenvalue weighted by Crippen LogP contribution is -2.47. The van der Waals surface area contributed by atoms with Gasteiger partial charge in [-0.25, -0.2) is 4.79 Å². The van der Waals surface area contributed by atoms with Crippen LogP contribution in [0.4, 0.5) is 16.2 Å². The number of fused-ring (bicyclic) bond motifs is 1. The molecule has 0 bridgehead atoms. The van der Waals surface area contributed by atoms with Gasteiger partial charge in [-0.3, -0.25) is 14.5 Å². The number of methoxy groups -OCH3 is 1. The number of carbonyl (C=O) groups excluding carboxylic acids is 3. The Morgan fingerprint density at radius 1 is 1.40 bits per heavy atom. The van der Waals surface area contributed by atoms with Crippen LogP contribution in [-0.2, 0) is 14.3 Å². The molecule has 1 aromatic carbocycles. The van der Waals surface area contributed by atoms with E-state index in [9.17, 15) is 14.4 Å². The molecule has 0 aliphatic carbocycles. The van der Waals surface area contributed by atoms with E-state index < -0.39 is 12.0 Å². The maximum atomic E-state index is 12.1. The highest BCUT2D eigenvalue weighted by Gasteiger charge is 2.26. The van der Waals surface area contributed by atoms with Gasteiger partial charge in [-0.05, 0) is 12.1 Å². The van der Waals surface area contributed by atoms with E-state index in [0.29, 0.717) is 11.4 Å². The molecular weight excluding hydrogens is 262 g/mol. The molecule has 1 aromatic rings. The summed E-state index contributed by atoms with van der Waals surface area (Å²) >= 11 is 0. The zero-order valence-corrected chi connectivity index (χ0v) is 11.0. The molecule has 2 rings (SSSR count). The topological polar surface area (TPSA) is 87.7 Å². The average molecular weight is 277 g/mol. The van der Waals surface area contributed by atoms with Gasteiger partial charge in [0.15, 0.2) is 0 Å². The van der Waals surface area contributed by atoms with E-state index in [4.69, 9.17) is 0 Å². The van der Waals surface area contributed by atoms with E-state index in [0.717, 1.165) is 0 Å². The van der Waals surface area contributed by atoms with Crippen molar-refractivity contribution >= 4 is 29.3 Å². The van der Waals surface area contributed by atoms with Crippen molar-refractivity contribution in [3.63, 3.8) is 0 Å². The fourth-order valence-corrected chi connectivity index (χ4v) is 1.88. The molecule has 0 fully saturated rings. The van der Waals surface area contributed by atoms with Crippen LogP contribution in [0.5, 0.6) is 0 Å². The average Bonchev–Trinajstić information content (AvgIpc) is 2.45. The molecule has 1 aliphatic rings. The molecule has 106 valence electrons. The summed E-state index contributed by atoms with van der Waals surface area (Å²) in [6, 6.07) is 6.61. The Morgan fingerprint density at radius 2 is 2.15 bits per heavy atom. The number of nitrogens with one attached hydrogen (secondary N) is 2. The molecule has 0 saturated carbocycles. The Hall–Kier alpha value is -2.57. The monoisotopic (exact) mass is 277 g/mol. The van der Waals surface area contributed by atoms with Crippen LogP contribution in [0.25, 0.3) is 0 Å². The molecule has 0 spiro atoms. The molecule has 2 N–H and O–H groups in total. The van der Waals surface area contributed by atoms with Crippen LogP contribution in [0, 0.1) is 0 Å². The molecule has 3 amide bonds. The number of urea groups is 1. The first-order chi connectivity index (χ1) is 9.61. The van der Waals surface area contributed by atoms with Crippen molar-refractivity contribution in [3.8, 4) is 0 Å². The van der Waals surface area contributed by atoms with Gasteiger partial charge in [-0.15, -0.1) is 0 Å². The fourth-order valence-electron chi connectivity index (χ4n) is 1.88. The Labute approximate surface area is 115 Å². The number of esters is 1. The fraction of sp³-hybridized carbons (Fsp3) is 0.308. The predicted octanol–water partition coefficient (Wildman–Crippen LogP) is 0.718. The van der Waals surface area contributed by atoms with Crippen LogP contribution in [0.2, 0.25) is 0 Å². The normalized spacial score (nSPS) is 13.2. The van der Waals surface area contributed by atoms with Gasteiger partial charge in [-0.2, -0.15) is 0 Å². The van der Waals surface area contributed by atoms with Crippen molar-refractivity contribution in [1.82, 2.24) is 5.32 Å². The number of hydrogen-bond acceptors (Lipinski definition) is 4. The Bertz CT molecular complexity index is 544. The van der Waals surface area contributed by atoms with Crippen molar-refractivity contribution in [2.24, 2.45) is 0 Å². The van der Waals surface area contributed by atoms with Gasteiger partial charge < -0.3 is 15.4 Å². The van der Waals surface area contributed by atoms with Gasteiger partial charge >= 0.3 is 12.0 Å². The molecule has 0 atom stereocenters. The minimum absolute atomic E-state index is 0.0545. The van der Waals surface area contributed by atoms with Crippen LogP contribution in [-0.4, -0.2) is 38.1 Å². The molecule has 7 nitrogen and oxygen atoms in total. The molecule has 1 heterocycles. The van der Waals surface area contributed by atoms with Crippen molar-refractivity contribution in [2.45, 2.75) is 6.42 Å². The zero-order valence-electron chi connectivity index (χ0n) is 11.0. The molecular formula is C13H15N3O4. The number of benzene rings is 1. The lowest BCUT2D eigenvalue weighted by atomic mass is 10.2. The number of hydrogen-bond donors (Lipinski definition) is 2.